The molecule has 0 radical (unpaired) electrons. The minimum Gasteiger partial charge on any atom is -0.391 e. The Morgan fingerprint density at radius 3 is 2.57 bits per heavy atom. The van der Waals surface area contributed by atoms with E-state index < -0.39 is 5.82 Å². The van der Waals surface area contributed by atoms with Gasteiger partial charge < -0.3 is 15.7 Å². The summed E-state index contributed by atoms with van der Waals surface area (Å²) in [4.78, 5) is 12.2. The van der Waals surface area contributed by atoms with E-state index in [0.29, 0.717) is 17.7 Å². The maximum Gasteiger partial charge on any atom is 0.207 e. The zero-order valence-electron chi connectivity index (χ0n) is 13.2. The molecule has 2 aliphatic heterocycles. The van der Waals surface area contributed by atoms with E-state index in [1.165, 1.54) is 19.2 Å². The molecule has 0 amide bonds. The summed E-state index contributed by atoms with van der Waals surface area (Å²) in [6, 6.07) is 0.263. The van der Waals surface area contributed by atoms with Gasteiger partial charge in [-0.15, -0.1) is 0 Å². The average molecular weight is 321 g/mol. The van der Waals surface area contributed by atoms with Gasteiger partial charge >= 0.3 is 0 Å². The van der Waals surface area contributed by atoms with Gasteiger partial charge in [0.15, 0.2) is 11.6 Å². The fourth-order valence-corrected chi connectivity index (χ4v) is 4.64. The van der Waals surface area contributed by atoms with E-state index in [2.05, 4.69) is 14.9 Å². The number of nitrogens with zero attached hydrogens (tertiary/aromatic N) is 4. The van der Waals surface area contributed by atoms with Crippen molar-refractivity contribution in [2.45, 2.75) is 37.8 Å². The van der Waals surface area contributed by atoms with E-state index >= 15 is 0 Å². The van der Waals surface area contributed by atoms with Gasteiger partial charge in [-0.3, -0.25) is 4.90 Å². The Bertz CT molecular complexity index is 580. The van der Waals surface area contributed by atoms with Crippen LogP contribution < -0.4 is 10.6 Å². The minimum absolute atomic E-state index is 0.0974. The molecule has 4 rings (SSSR count). The highest BCUT2D eigenvalue weighted by Gasteiger charge is 2.44. The van der Waals surface area contributed by atoms with Crippen LogP contribution in [0.4, 0.5) is 16.0 Å². The Balaban J connectivity index is 1.50. The number of hydrogen-bond acceptors (Lipinski definition) is 6. The maximum atomic E-state index is 14.2. The first-order chi connectivity index (χ1) is 11.1. The predicted molar refractivity (Wildman–Crippen MR) is 85.4 cm³/mol. The Kier molecular flexibility index (Phi) is 3.85. The van der Waals surface area contributed by atoms with Crippen molar-refractivity contribution in [1.29, 1.82) is 0 Å². The molecule has 2 saturated heterocycles. The molecule has 0 bridgehead atoms. The normalized spacial score (nSPS) is 34.8. The average Bonchev–Trinajstić information content (AvgIpc) is 3.18. The highest BCUT2D eigenvalue weighted by molar-refractivity contribution is 5.49. The molecule has 0 spiro atoms. The molecule has 1 saturated carbocycles. The van der Waals surface area contributed by atoms with Crippen LogP contribution in [0.5, 0.6) is 0 Å². The first kappa shape index (κ1) is 15.1. The summed E-state index contributed by atoms with van der Waals surface area (Å²) >= 11 is 0. The summed E-state index contributed by atoms with van der Waals surface area (Å²) in [5, 5.41) is 10.6. The summed E-state index contributed by atoms with van der Waals surface area (Å²) in [6.45, 7) is 3.72. The molecule has 1 aromatic heterocycles. The third-order valence-corrected chi connectivity index (χ3v) is 5.82. The number of likely N-dealkylation sites (tertiary alicyclic amines) is 1. The maximum absolute atomic E-state index is 14.2. The first-order valence-corrected chi connectivity index (χ1v) is 8.56. The van der Waals surface area contributed by atoms with Crippen LogP contribution in [0.1, 0.15) is 25.7 Å². The summed E-state index contributed by atoms with van der Waals surface area (Å²) in [5.74, 6) is 0.570. The molecular weight excluding hydrogens is 297 g/mol. The van der Waals surface area contributed by atoms with Gasteiger partial charge in [0.2, 0.25) is 5.82 Å². The Morgan fingerprint density at radius 1 is 1.13 bits per heavy atom. The third-order valence-electron chi connectivity index (χ3n) is 5.82. The molecule has 3 heterocycles. The van der Waals surface area contributed by atoms with Crippen molar-refractivity contribution in [3.05, 3.63) is 12.1 Å². The Hall–Kier alpha value is -1.47. The van der Waals surface area contributed by atoms with Crippen molar-refractivity contribution in [3.63, 3.8) is 0 Å². The van der Waals surface area contributed by atoms with Gasteiger partial charge in [0.25, 0.3) is 0 Å². The van der Waals surface area contributed by atoms with Crippen LogP contribution in [-0.4, -0.2) is 58.3 Å². The van der Waals surface area contributed by atoms with E-state index in [1.807, 2.05) is 4.90 Å². The largest absolute Gasteiger partial charge is 0.391 e. The lowest BCUT2D eigenvalue weighted by Gasteiger charge is -2.40. The molecule has 1 aromatic rings. The van der Waals surface area contributed by atoms with E-state index in [1.54, 1.807) is 0 Å². The summed E-state index contributed by atoms with van der Waals surface area (Å²) in [7, 11) is 0. The summed E-state index contributed by atoms with van der Waals surface area (Å²) in [6.07, 6.45) is 5.30. The Morgan fingerprint density at radius 2 is 1.83 bits per heavy atom. The fraction of sp³-hybridized carbons (Fsp3) is 0.750. The lowest BCUT2D eigenvalue weighted by atomic mass is 9.77. The van der Waals surface area contributed by atoms with E-state index in [9.17, 15) is 9.50 Å². The second-order valence-corrected chi connectivity index (χ2v) is 7.17. The topological polar surface area (TPSA) is 78.5 Å². The van der Waals surface area contributed by atoms with E-state index in [0.717, 1.165) is 39.0 Å². The molecular formula is C16H24FN5O. The molecule has 0 aromatic carbocycles. The van der Waals surface area contributed by atoms with Crippen LogP contribution in [0, 0.1) is 17.7 Å². The van der Waals surface area contributed by atoms with E-state index in [4.69, 9.17) is 5.73 Å². The number of anilines is 2. The van der Waals surface area contributed by atoms with Gasteiger partial charge in [-0.1, -0.05) is 0 Å². The van der Waals surface area contributed by atoms with Crippen molar-refractivity contribution in [2.75, 3.05) is 36.8 Å². The lowest BCUT2D eigenvalue weighted by Crippen LogP contribution is -2.48. The first-order valence-electron chi connectivity index (χ1n) is 8.56. The van der Waals surface area contributed by atoms with Crippen LogP contribution in [0.3, 0.4) is 0 Å². The van der Waals surface area contributed by atoms with Gasteiger partial charge in [0.05, 0.1) is 6.10 Å². The molecule has 23 heavy (non-hydrogen) atoms. The molecule has 3 N–H and O–H groups in total. The standard InChI is InChI=1S/C16H24FN5O/c17-14-15(18)19-9-20-16(14)22-7-10-5-12(21-3-1-2-4-21)13(23)6-11(10)8-22/h9-13,23H,1-8H2,(H2,18,19,20)/t10-,11+,12-,13-/m1/s1. The Labute approximate surface area is 135 Å². The smallest absolute Gasteiger partial charge is 0.207 e. The highest BCUT2D eigenvalue weighted by Crippen LogP contribution is 2.40. The van der Waals surface area contributed by atoms with Gasteiger partial charge in [-0.25, -0.2) is 9.97 Å². The van der Waals surface area contributed by atoms with Crippen LogP contribution in [0.25, 0.3) is 0 Å². The zero-order chi connectivity index (χ0) is 16.0. The van der Waals surface area contributed by atoms with Gasteiger partial charge in [-0.05, 0) is 50.6 Å². The van der Waals surface area contributed by atoms with Gasteiger partial charge in [0, 0.05) is 19.1 Å². The van der Waals surface area contributed by atoms with Crippen LogP contribution in [-0.2, 0) is 0 Å². The molecule has 6 nitrogen and oxygen atoms in total. The number of nitrogens with two attached hydrogens (primary N) is 1. The number of aliphatic hydroxyl groups is 1. The number of aromatic nitrogens is 2. The zero-order valence-corrected chi connectivity index (χ0v) is 13.2. The minimum atomic E-state index is -0.525. The van der Waals surface area contributed by atoms with Gasteiger partial charge in [0.1, 0.15) is 6.33 Å². The summed E-state index contributed by atoms with van der Waals surface area (Å²) < 4.78 is 14.2. The number of rotatable bonds is 2. The second kappa shape index (κ2) is 5.87. The summed E-state index contributed by atoms with van der Waals surface area (Å²) in [5.41, 5.74) is 5.56. The van der Waals surface area contributed by atoms with Crippen molar-refractivity contribution in [3.8, 4) is 0 Å². The molecule has 3 fully saturated rings. The monoisotopic (exact) mass is 321 g/mol. The SMILES string of the molecule is Nc1ncnc(N2C[C@H]3C[C@@H](N4CCCC4)[C@H](O)C[C@H]3C2)c1F. The van der Waals surface area contributed by atoms with Crippen LogP contribution in [0.15, 0.2) is 6.33 Å². The lowest BCUT2D eigenvalue weighted by molar-refractivity contribution is -0.000854. The number of fused-ring (bicyclic) bond motifs is 1. The number of halogens is 1. The van der Waals surface area contributed by atoms with Crippen molar-refractivity contribution in [2.24, 2.45) is 11.8 Å². The van der Waals surface area contributed by atoms with Crippen molar-refractivity contribution < 1.29 is 9.50 Å². The molecule has 1 aliphatic carbocycles. The van der Waals surface area contributed by atoms with Crippen LogP contribution in [0.2, 0.25) is 0 Å². The third kappa shape index (κ3) is 2.65. The number of nitrogen functional groups attached to an aromatic ring is 1. The van der Waals surface area contributed by atoms with Crippen LogP contribution >= 0.6 is 0 Å². The molecule has 0 unspecified atom stereocenters. The molecule has 3 aliphatic rings. The van der Waals surface area contributed by atoms with Gasteiger partial charge in [-0.2, -0.15) is 4.39 Å². The fourth-order valence-electron chi connectivity index (χ4n) is 4.64. The van der Waals surface area contributed by atoms with Crippen molar-refractivity contribution in [1.82, 2.24) is 14.9 Å². The number of hydrogen-bond donors (Lipinski definition) is 2. The quantitative estimate of drug-likeness (QED) is 0.841. The second-order valence-electron chi connectivity index (χ2n) is 7.17. The van der Waals surface area contributed by atoms with Crippen molar-refractivity contribution >= 4 is 11.6 Å². The molecule has 126 valence electrons. The highest BCUT2D eigenvalue weighted by atomic mass is 19.1. The number of aliphatic hydroxyl groups excluding tert-OH is 1. The molecule has 7 heteroatoms. The molecule has 4 atom stereocenters. The van der Waals surface area contributed by atoms with E-state index in [-0.39, 0.29) is 18.0 Å². The predicted octanol–water partition coefficient (Wildman–Crippen LogP) is 0.869.